The van der Waals surface area contributed by atoms with Crippen molar-refractivity contribution in [2.75, 3.05) is 14.2 Å². The van der Waals surface area contributed by atoms with Gasteiger partial charge in [0.15, 0.2) is 0 Å². The Hall–Kier alpha value is -1.06. The van der Waals surface area contributed by atoms with Crippen LogP contribution < -0.4 is 0 Å². The summed E-state index contributed by atoms with van der Waals surface area (Å²) >= 11 is 0. The topological polar surface area (TPSA) is 52.6 Å². The van der Waals surface area contributed by atoms with E-state index in [0.29, 0.717) is 5.92 Å². The molecule has 0 aromatic carbocycles. The van der Waals surface area contributed by atoms with Crippen LogP contribution in [0.2, 0.25) is 0 Å². The molecule has 4 nitrogen and oxygen atoms in total. The molecule has 4 heteroatoms. The Morgan fingerprint density at radius 2 is 1.46 bits per heavy atom. The Balaban J connectivity index is 2.31. The summed E-state index contributed by atoms with van der Waals surface area (Å²) < 4.78 is 9.80. The summed E-state index contributed by atoms with van der Waals surface area (Å²) in [6.45, 7) is 6.96. The van der Waals surface area contributed by atoms with E-state index in [1.165, 1.54) is 52.7 Å². The predicted octanol–water partition coefficient (Wildman–Crippen LogP) is 5.39. The monoisotopic (exact) mass is 368 g/mol. The van der Waals surface area contributed by atoms with Crippen molar-refractivity contribution in [2.24, 2.45) is 29.6 Å². The molecule has 0 amide bonds. The molecule has 1 saturated carbocycles. The third-order valence-corrected chi connectivity index (χ3v) is 6.00. The number of unbranched alkanes of at least 4 members (excludes halogenated alkanes) is 1. The number of carbonyl (C=O) groups is 2. The lowest BCUT2D eigenvalue weighted by Gasteiger charge is -2.33. The van der Waals surface area contributed by atoms with E-state index in [0.717, 1.165) is 37.5 Å². The van der Waals surface area contributed by atoms with E-state index in [-0.39, 0.29) is 23.8 Å². The molecule has 0 aliphatic heterocycles. The first-order valence-electron chi connectivity index (χ1n) is 10.5. The standard InChI is InChI=1S/C22H40O4/c1-16(2)9-8-11-17(3)10-6-7-12-18-13-14-19(21(23)25-4)20(15-18)22(24)26-5/h16-20H,6-15H2,1-5H3. The Labute approximate surface area is 160 Å². The molecule has 1 rings (SSSR count). The van der Waals surface area contributed by atoms with Crippen molar-refractivity contribution in [3.63, 3.8) is 0 Å². The van der Waals surface area contributed by atoms with Gasteiger partial charge in [0.25, 0.3) is 0 Å². The molecule has 26 heavy (non-hydrogen) atoms. The van der Waals surface area contributed by atoms with Gasteiger partial charge in [-0.1, -0.05) is 65.7 Å². The van der Waals surface area contributed by atoms with Crippen LogP contribution in [-0.4, -0.2) is 26.2 Å². The molecule has 0 aromatic heterocycles. The smallest absolute Gasteiger partial charge is 0.309 e. The van der Waals surface area contributed by atoms with E-state index in [1.807, 2.05) is 0 Å². The van der Waals surface area contributed by atoms with Gasteiger partial charge in [-0.15, -0.1) is 0 Å². The zero-order chi connectivity index (χ0) is 19.5. The van der Waals surface area contributed by atoms with Gasteiger partial charge < -0.3 is 9.47 Å². The lowest BCUT2D eigenvalue weighted by atomic mass is 9.72. The molecule has 152 valence electrons. The summed E-state index contributed by atoms with van der Waals surface area (Å²) in [5, 5.41) is 0. The number of ether oxygens (including phenoxy) is 2. The highest BCUT2D eigenvalue weighted by molar-refractivity contribution is 5.82. The van der Waals surface area contributed by atoms with Gasteiger partial charge in [0, 0.05) is 0 Å². The Morgan fingerprint density at radius 3 is 2.08 bits per heavy atom. The molecule has 1 aliphatic rings. The summed E-state index contributed by atoms with van der Waals surface area (Å²) in [6, 6.07) is 0. The average Bonchev–Trinajstić information content (AvgIpc) is 2.63. The van der Waals surface area contributed by atoms with Crippen LogP contribution >= 0.6 is 0 Å². The molecular weight excluding hydrogens is 328 g/mol. The molecule has 1 fully saturated rings. The maximum atomic E-state index is 12.1. The third-order valence-electron chi connectivity index (χ3n) is 6.00. The summed E-state index contributed by atoms with van der Waals surface area (Å²) in [5.74, 6) is 0.955. The fraction of sp³-hybridized carbons (Fsp3) is 0.909. The minimum Gasteiger partial charge on any atom is -0.469 e. The van der Waals surface area contributed by atoms with E-state index in [1.54, 1.807) is 0 Å². The first-order chi connectivity index (χ1) is 12.4. The van der Waals surface area contributed by atoms with Crippen LogP contribution in [0.15, 0.2) is 0 Å². The maximum Gasteiger partial charge on any atom is 0.309 e. The number of esters is 2. The van der Waals surface area contributed by atoms with Crippen molar-refractivity contribution in [1.82, 2.24) is 0 Å². The van der Waals surface area contributed by atoms with Crippen LogP contribution in [-0.2, 0) is 19.1 Å². The molecule has 0 spiro atoms. The highest BCUT2D eigenvalue weighted by Gasteiger charge is 2.40. The summed E-state index contributed by atoms with van der Waals surface area (Å²) in [4.78, 5) is 24.0. The minimum absolute atomic E-state index is 0.260. The molecule has 0 heterocycles. The van der Waals surface area contributed by atoms with Gasteiger partial charge >= 0.3 is 11.9 Å². The van der Waals surface area contributed by atoms with Crippen molar-refractivity contribution >= 4 is 11.9 Å². The molecule has 1 aliphatic carbocycles. The first-order valence-corrected chi connectivity index (χ1v) is 10.5. The number of hydrogen-bond acceptors (Lipinski definition) is 4. The van der Waals surface area contributed by atoms with Gasteiger partial charge in [-0.05, 0) is 37.0 Å². The van der Waals surface area contributed by atoms with Crippen molar-refractivity contribution in [2.45, 2.75) is 85.0 Å². The van der Waals surface area contributed by atoms with Crippen molar-refractivity contribution in [3.05, 3.63) is 0 Å². The number of rotatable bonds is 11. The van der Waals surface area contributed by atoms with Crippen LogP contribution in [0.5, 0.6) is 0 Å². The van der Waals surface area contributed by atoms with E-state index in [9.17, 15) is 9.59 Å². The quantitative estimate of drug-likeness (QED) is 0.362. The van der Waals surface area contributed by atoms with Crippen LogP contribution in [0, 0.1) is 29.6 Å². The number of hydrogen-bond donors (Lipinski definition) is 0. The van der Waals surface area contributed by atoms with E-state index in [4.69, 9.17) is 9.47 Å². The van der Waals surface area contributed by atoms with Crippen LogP contribution in [0.25, 0.3) is 0 Å². The van der Waals surface area contributed by atoms with Gasteiger partial charge in [0.05, 0.1) is 26.1 Å². The van der Waals surface area contributed by atoms with Gasteiger partial charge in [-0.3, -0.25) is 9.59 Å². The zero-order valence-electron chi connectivity index (χ0n) is 17.6. The fourth-order valence-electron chi connectivity index (χ4n) is 4.31. The molecule has 4 unspecified atom stereocenters. The molecule has 4 atom stereocenters. The molecule has 0 bridgehead atoms. The average molecular weight is 369 g/mol. The summed E-state index contributed by atoms with van der Waals surface area (Å²) in [6.07, 6.45) is 11.5. The van der Waals surface area contributed by atoms with Crippen molar-refractivity contribution < 1.29 is 19.1 Å². The third kappa shape index (κ3) is 8.09. The first kappa shape index (κ1) is 23.0. The second kappa shape index (κ2) is 12.3. The van der Waals surface area contributed by atoms with Crippen LogP contribution in [0.1, 0.15) is 85.0 Å². The largest absolute Gasteiger partial charge is 0.469 e. The molecule has 0 N–H and O–H groups in total. The second-order valence-electron chi connectivity index (χ2n) is 8.65. The Morgan fingerprint density at radius 1 is 0.846 bits per heavy atom. The van der Waals surface area contributed by atoms with Crippen LogP contribution in [0.3, 0.4) is 0 Å². The van der Waals surface area contributed by atoms with Gasteiger partial charge in [0.1, 0.15) is 0 Å². The lowest BCUT2D eigenvalue weighted by molar-refractivity contribution is -0.160. The second-order valence-corrected chi connectivity index (χ2v) is 8.65. The number of carbonyl (C=O) groups excluding carboxylic acids is 2. The van der Waals surface area contributed by atoms with E-state index >= 15 is 0 Å². The Bertz CT molecular complexity index is 418. The van der Waals surface area contributed by atoms with Crippen molar-refractivity contribution in [1.29, 1.82) is 0 Å². The van der Waals surface area contributed by atoms with Gasteiger partial charge in [0.2, 0.25) is 0 Å². The molecular formula is C22H40O4. The van der Waals surface area contributed by atoms with Crippen molar-refractivity contribution in [3.8, 4) is 0 Å². The number of methoxy groups -OCH3 is 2. The predicted molar refractivity (Wildman–Crippen MR) is 105 cm³/mol. The SMILES string of the molecule is COC(=O)C1CCC(CCCCC(C)CCCC(C)C)CC1C(=O)OC. The minimum atomic E-state index is -0.332. The molecule has 0 aromatic rings. The zero-order valence-corrected chi connectivity index (χ0v) is 17.6. The lowest BCUT2D eigenvalue weighted by Crippen LogP contribution is -2.37. The van der Waals surface area contributed by atoms with Gasteiger partial charge in [-0.25, -0.2) is 0 Å². The Kier molecular flexibility index (Phi) is 10.9. The highest BCUT2D eigenvalue weighted by atomic mass is 16.5. The van der Waals surface area contributed by atoms with Crippen LogP contribution in [0.4, 0.5) is 0 Å². The highest BCUT2D eigenvalue weighted by Crippen LogP contribution is 2.38. The molecule has 0 radical (unpaired) electrons. The summed E-state index contributed by atoms with van der Waals surface area (Å²) in [7, 11) is 2.80. The van der Waals surface area contributed by atoms with Gasteiger partial charge in [-0.2, -0.15) is 0 Å². The maximum absolute atomic E-state index is 12.1. The van der Waals surface area contributed by atoms with E-state index in [2.05, 4.69) is 20.8 Å². The van der Waals surface area contributed by atoms with E-state index < -0.39 is 0 Å². The molecule has 0 saturated heterocycles. The summed E-state index contributed by atoms with van der Waals surface area (Å²) in [5.41, 5.74) is 0. The normalized spacial score (nSPS) is 24.3. The fourth-order valence-corrected chi connectivity index (χ4v) is 4.31.